The van der Waals surface area contributed by atoms with Crippen LogP contribution in [0.15, 0.2) is 30.6 Å². The number of fused-ring (bicyclic) bond motifs is 2. The summed E-state index contributed by atoms with van der Waals surface area (Å²) in [6, 6.07) is 5.28. The SMILES string of the molecule is Cc1nc(N2CC3CC3C2)ccc1Cn1cc(C(=O)N[C@@H]2CCc3c2ccnc3C)c(C(F)(F)F)n1. The van der Waals surface area contributed by atoms with Crippen molar-refractivity contribution in [3.63, 3.8) is 0 Å². The number of aromatic nitrogens is 4. The van der Waals surface area contributed by atoms with Crippen LogP contribution in [0.2, 0.25) is 0 Å². The molecule has 0 bridgehead atoms. The summed E-state index contributed by atoms with van der Waals surface area (Å²) in [7, 11) is 0. The summed E-state index contributed by atoms with van der Waals surface area (Å²) in [6.45, 7) is 5.88. The monoisotopic (exact) mass is 496 g/mol. The first kappa shape index (κ1) is 23.0. The van der Waals surface area contributed by atoms with Crippen molar-refractivity contribution >= 4 is 11.7 Å². The van der Waals surface area contributed by atoms with E-state index in [9.17, 15) is 18.0 Å². The summed E-state index contributed by atoms with van der Waals surface area (Å²) in [5, 5.41) is 6.56. The molecule has 1 N–H and O–H groups in total. The van der Waals surface area contributed by atoms with Crippen LogP contribution in [0.4, 0.5) is 19.0 Å². The van der Waals surface area contributed by atoms with Gasteiger partial charge in [0.25, 0.3) is 5.91 Å². The zero-order valence-corrected chi connectivity index (χ0v) is 20.1. The molecule has 188 valence electrons. The molecule has 0 spiro atoms. The number of amides is 1. The van der Waals surface area contributed by atoms with Gasteiger partial charge in [0.15, 0.2) is 5.69 Å². The number of anilines is 1. The highest BCUT2D eigenvalue weighted by Gasteiger charge is 2.45. The summed E-state index contributed by atoms with van der Waals surface area (Å²) in [5.74, 6) is 1.68. The van der Waals surface area contributed by atoms with Crippen LogP contribution in [-0.4, -0.2) is 38.7 Å². The van der Waals surface area contributed by atoms with Gasteiger partial charge in [0.05, 0.1) is 18.2 Å². The van der Waals surface area contributed by atoms with Gasteiger partial charge in [-0.2, -0.15) is 18.3 Å². The van der Waals surface area contributed by atoms with E-state index in [1.165, 1.54) is 17.3 Å². The van der Waals surface area contributed by atoms with Crippen LogP contribution in [0.25, 0.3) is 0 Å². The number of aryl methyl sites for hydroxylation is 2. The molecular weight excluding hydrogens is 469 g/mol. The zero-order valence-electron chi connectivity index (χ0n) is 20.1. The average molecular weight is 497 g/mol. The molecular formula is C26H27F3N6O. The number of nitrogens with one attached hydrogen (secondary N) is 1. The van der Waals surface area contributed by atoms with Gasteiger partial charge in [0.2, 0.25) is 0 Å². The molecule has 3 aromatic heterocycles. The summed E-state index contributed by atoms with van der Waals surface area (Å²) in [5.41, 5.74) is 2.70. The number of piperidine rings is 1. The van der Waals surface area contributed by atoms with E-state index in [0.29, 0.717) is 6.42 Å². The fourth-order valence-electron chi connectivity index (χ4n) is 5.66. The third kappa shape index (κ3) is 4.12. The number of pyridine rings is 2. The minimum atomic E-state index is -4.75. The molecule has 1 saturated carbocycles. The number of carbonyl (C=O) groups excluding carboxylic acids is 1. The van der Waals surface area contributed by atoms with Crippen molar-refractivity contribution in [1.29, 1.82) is 0 Å². The van der Waals surface area contributed by atoms with E-state index in [1.54, 1.807) is 6.20 Å². The van der Waals surface area contributed by atoms with Crippen molar-refractivity contribution in [2.75, 3.05) is 18.0 Å². The Kier molecular flexibility index (Phi) is 5.31. The van der Waals surface area contributed by atoms with Gasteiger partial charge in [-0.25, -0.2) is 4.98 Å². The normalized spacial score (nSPS) is 22.5. The number of nitrogens with zero attached hydrogens (tertiary/aromatic N) is 5. The molecule has 3 aromatic rings. The first-order chi connectivity index (χ1) is 17.2. The number of halogens is 3. The Bertz CT molecular complexity index is 1340. The van der Waals surface area contributed by atoms with E-state index in [2.05, 4.69) is 20.3 Å². The molecule has 7 nitrogen and oxygen atoms in total. The number of rotatable bonds is 5. The molecule has 1 aliphatic heterocycles. The van der Waals surface area contributed by atoms with Gasteiger partial charge in [-0.1, -0.05) is 6.07 Å². The molecule has 1 amide bonds. The minimum Gasteiger partial charge on any atom is -0.356 e. The van der Waals surface area contributed by atoms with E-state index < -0.39 is 23.3 Å². The van der Waals surface area contributed by atoms with Crippen LogP contribution in [0.3, 0.4) is 0 Å². The molecule has 2 aliphatic carbocycles. The van der Waals surface area contributed by atoms with Crippen molar-refractivity contribution in [2.45, 2.75) is 51.9 Å². The van der Waals surface area contributed by atoms with Crippen molar-refractivity contribution in [1.82, 2.24) is 25.1 Å². The lowest BCUT2D eigenvalue weighted by atomic mass is 10.1. The summed E-state index contributed by atoms with van der Waals surface area (Å²) in [6.07, 6.45) is 0.748. The minimum absolute atomic E-state index is 0.0951. The van der Waals surface area contributed by atoms with Gasteiger partial charge in [-0.05, 0) is 73.8 Å². The molecule has 2 unspecified atom stereocenters. The lowest BCUT2D eigenvalue weighted by Gasteiger charge is -2.20. The van der Waals surface area contributed by atoms with E-state index in [-0.39, 0.29) is 12.6 Å². The van der Waals surface area contributed by atoms with Gasteiger partial charge in [-0.15, -0.1) is 0 Å². The predicted molar refractivity (Wildman–Crippen MR) is 127 cm³/mol. The highest BCUT2D eigenvalue weighted by atomic mass is 19.4. The zero-order chi connectivity index (χ0) is 25.2. The first-order valence-corrected chi connectivity index (χ1v) is 12.3. The second-order valence-corrected chi connectivity index (χ2v) is 10.2. The lowest BCUT2D eigenvalue weighted by molar-refractivity contribution is -0.141. The summed E-state index contributed by atoms with van der Waals surface area (Å²) in [4.78, 5) is 24.3. The van der Waals surface area contributed by atoms with Crippen LogP contribution in [-0.2, 0) is 19.1 Å². The molecule has 1 saturated heterocycles. The fraction of sp³-hybridized carbons (Fsp3) is 0.462. The summed E-state index contributed by atoms with van der Waals surface area (Å²) < 4.78 is 42.7. The molecule has 4 heterocycles. The molecule has 36 heavy (non-hydrogen) atoms. The van der Waals surface area contributed by atoms with Crippen molar-refractivity contribution < 1.29 is 18.0 Å². The average Bonchev–Trinajstić information content (AvgIpc) is 3.19. The Labute approximate surface area is 206 Å². The maximum Gasteiger partial charge on any atom is 0.435 e. The van der Waals surface area contributed by atoms with E-state index in [0.717, 1.165) is 65.2 Å². The Hall–Kier alpha value is -3.43. The van der Waals surface area contributed by atoms with E-state index >= 15 is 0 Å². The maximum absolute atomic E-state index is 13.8. The van der Waals surface area contributed by atoms with Crippen LogP contribution in [0.1, 0.15) is 63.0 Å². The standard InChI is InChI=1S/C26H27F3N6O/c1-14-16(3-6-23(31-14)34-10-17-9-18(17)11-34)12-35-13-21(24(33-35)26(27,28)29)25(36)32-22-5-4-19-15(2)30-8-7-20(19)22/h3,6-8,13,17-18,22H,4-5,9-12H2,1-2H3,(H,32,36)/t17?,18?,22-/m1/s1. The molecule has 3 aliphatic rings. The highest BCUT2D eigenvalue weighted by molar-refractivity contribution is 5.95. The van der Waals surface area contributed by atoms with Crippen LogP contribution >= 0.6 is 0 Å². The number of hydrogen-bond donors (Lipinski definition) is 1. The Morgan fingerprint density at radius 3 is 2.64 bits per heavy atom. The van der Waals surface area contributed by atoms with Crippen LogP contribution in [0.5, 0.6) is 0 Å². The smallest absolute Gasteiger partial charge is 0.356 e. The van der Waals surface area contributed by atoms with Gasteiger partial charge in [0, 0.05) is 36.9 Å². The lowest BCUT2D eigenvalue weighted by Crippen LogP contribution is -2.28. The van der Waals surface area contributed by atoms with Gasteiger partial charge in [0.1, 0.15) is 5.82 Å². The quantitative estimate of drug-likeness (QED) is 0.572. The van der Waals surface area contributed by atoms with E-state index in [4.69, 9.17) is 4.98 Å². The molecule has 2 fully saturated rings. The molecule has 0 aromatic carbocycles. The second-order valence-electron chi connectivity index (χ2n) is 10.2. The topological polar surface area (TPSA) is 75.9 Å². The second kappa shape index (κ2) is 8.31. The molecule has 0 radical (unpaired) electrons. The van der Waals surface area contributed by atoms with Crippen molar-refractivity contribution in [2.24, 2.45) is 11.8 Å². The number of carbonyl (C=O) groups is 1. The van der Waals surface area contributed by atoms with Crippen LogP contribution in [0, 0.1) is 25.7 Å². The largest absolute Gasteiger partial charge is 0.435 e. The highest BCUT2D eigenvalue weighted by Crippen LogP contribution is 2.46. The Morgan fingerprint density at radius 1 is 1.14 bits per heavy atom. The molecule has 6 rings (SSSR count). The fourth-order valence-corrected chi connectivity index (χ4v) is 5.66. The maximum atomic E-state index is 13.8. The molecule has 10 heteroatoms. The van der Waals surface area contributed by atoms with Crippen molar-refractivity contribution in [3.05, 3.63) is 69.9 Å². The van der Waals surface area contributed by atoms with Gasteiger partial charge >= 0.3 is 6.18 Å². The Morgan fingerprint density at radius 2 is 1.92 bits per heavy atom. The third-order valence-corrected chi connectivity index (χ3v) is 7.76. The van der Waals surface area contributed by atoms with Crippen molar-refractivity contribution in [3.8, 4) is 0 Å². The predicted octanol–water partition coefficient (Wildman–Crippen LogP) is 4.23. The van der Waals surface area contributed by atoms with Crippen LogP contribution < -0.4 is 10.2 Å². The van der Waals surface area contributed by atoms with E-state index in [1.807, 2.05) is 32.0 Å². The van der Waals surface area contributed by atoms with Gasteiger partial charge in [-0.3, -0.25) is 14.5 Å². The Balaban J connectivity index is 1.22. The molecule has 3 atom stereocenters. The first-order valence-electron chi connectivity index (χ1n) is 12.3. The van der Waals surface area contributed by atoms with Gasteiger partial charge < -0.3 is 10.2 Å². The summed E-state index contributed by atoms with van der Waals surface area (Å²) >= 11 is 0. The number of alkyl halides is 3. The number of hydrogen-bond acceptors (Lipinski definition) is 5. The third-order valence-electron chi connectivity index (χ3n) is 7.76.